The van der Waals surface area contributed by atoms with Crippen molar-refractivity contribution in [2.75, 3.05) is 19.7 Å². The van der Waals surface area contributed by atoms with Crippen LogP contribution in [0, 0.1) is 12.8 Å². The second-order valence-electron chi connectivity index (χ2n) is 6.35. The van der Waals surface area contributed by atoms with Crippen molar-refractivity contribution in [1.82, 2.24) is 15.1 Å². The number of H-pyrrole nitrogens is 1. The van der Waals surface area contributed by atoms with Gasteiger partial charge in [0.25, 0.3) is 0 Å². The lowest BCUT2D eigenvalue weighted by molar-refractivity contribution is -0.135. The Morgan fingerprint density at radius 2 is 2.17 bits per heavy atom. The molecule has 0 bridgehead atoms. The van der Waals surface area contributed by atoms with Crippen LogP contribution in [0.2, 0.25) is 0 Å². The molecule has 2 atom stereocenters. The molecule has 1 aliphatic heterocycles. The zero-order valence-corrected chi connectivity index (χ0v) is 13.8. The summed E-state index contributed by atoms with van der Waals surface area (Å²) in [6, 6.07) is 11.7. The lowest BCUT2D eigenvalue weighted by atomic mass is 10.0. The second kappa shape index (κ2) is 7.59. The largest absolute Gasteiger partial charge is 0.391 e. The monoisotopic (exact) mass is 329 g/mol. The van der Waals surface area contributed by atoms with E-state index in [-0.39, 0.29) is 18.4 Å². The number of ether oxygens (including phenoxy) is 1. The first-order valence-electron chi connectivity index (χ1n) is 8.20. The number of aromatic nitrogens is 2. The molecule has 0 spiro atoms. The smallest absolute Gasteiger partial charge is 0.248 e. The number of rotatable bonds is 6. The number of carbonyl (C=O) groups is 1. The normalized spacial score (nSPS) is 20.5. The predicted molar refractivity (Wildman–Crippen MR) is 89.2 cm³/mol. The van der Waals surface area contributed by atoms with Crippen LogP contribution in [0.5, 0.6) is 0 Å². The van der Waals surface area contributed by atoms with E-state index in [0.29, 0.717) is 26.1 Å². The molecule has 6 nitrogen and oxygen atoms in total. The molecule has 6 heteroatoms. The van der Waals surface area contributed by atoms with Crippen LogP contribution in [0.25, 0.3) is 0 Å². The van der Waals surface area contributed by atoms with Crippen molar-refractivity contribution >= 4 is 5.91 Å². The number of amides is 1. The first-order valence-corrected chi connectivity index (χ1v) is 8.20. The van der Waals surface area contributed by atoms with Crippen molar-refractivity contribution < 1.29 is 14.6 Å². The second-order valence-corrected chi connectivity index (χ2v) is 6.35. The fourth-order valence-corrected chi connectivity index (χ4v) is 3.03. The molecule has 1 saturated heterocycles. The van der Waals surface area contributed by atoms with Gasteiger partial charge in [0.05, 0.1) is 18.4 Å². The summed E-state index contributed by atoms with van der Waals surface area (Å²) in [7, 11) is 0. The SMILES string of the molecule is Cc1cc(C[C@@H]2CN(C(=O)COCc3ccccc3)C[C@H]2O)n[nH]1. The van der Waals surface area contributed by atoms with Gasteiger partial charge in [-0.2, -0.15) is 5.10 Å². The van der Waals surface area contributed by atoms with Gasteiger partial charge in [0, 0.05) is 24.7 Å². The van der Waals surface area contributed by atoms with Crippen molar-refractivity contribution in [3.63, 3.8) is 0 Å². The third kappa shape index (κ3) is 4.21. The van der Waals surface area contributed by atoms with Gasteiger partial charge in [-0.05, 0) is 25.0 Å². The van der Waals surface area contributed by atoms with Gasteiger partial charge in [0.1, 0.15) is 6.61 Å². The lowest BCUT2D eigenvalue weighted by Gasteiger charge is -2.16. The van der Waals surface area contributed by atoms with E-state index < -0.39 is 6.10 Å². The van der Waals surface area contributed by atoms with Crippen LogP contribution in [-0.2, 0) is 22.6 Å². The summed E-state index contributed by atoms with van der Waals surface area (Å²) in [4.78, 5) is 13.9. The third-order valence-electron chi connectivity index (χ3n) is 4.33. The summed E-state index contributed by atoms with van der Waals surface area (Å²) in [6.45, 7) is 3.30. The average molecular weight is 329 g/mol. The molecule has 1 aromatic heterocycles. The molecule has 1 aromatic carbocycles. The summed E-state index contributed by atoms with van der Waals surface area (Å²) >= 11 is 0. The van der Waals surface area contributed by atoms with Crippen LogP contribution >= 0.6 is 0 Å². The molecule has 2 N–H and O–H groups in total. The number of carbonyl (C=O) groups excluding carboxylic acids is 1. The Kier molecular flexibility index (Phi) is 5.27. The van der Waals surface area contributed by atoms with Crippen LogP contribution in [0.15, 0.2) is 36.4 Å². The Bertz CT molecular complexity index is 671. The van der Waals surface area contributed by atoms with E-state index in [0.717, 1.165) is 17.0 Å². The fourth-order valence-electron chi connectivity index (χ4n) is 3.03. The van der Waals surface area contributed by atoms with Crippen LogP contribution in [0.4, 0.5) is 0 Å². The Hall–Kier alpha value is -2.18. The Morgan fingerprint density at radius 1 is 1.38 bits per heavy atom. The molecule has 24 heavy (non-hydrogen) atoms. The molecule has 2 heterocycles. The molecular weight excluding hydrogens is 306 g/mol. The van der Waals surface area contributed by atoms with Gasteiger partial charge >= 0.3 is 0 Å². The van der Waals surface area contributed by atoms with E-state index in [2.05, 4.69) is 10.2 Å². The number of nitrogens with one attached hydrogen (secondary N) is 1. The number of aliphatic hydroxyl groups excluding tert-OH is 1. The van der Waals surface area contributed by atoms with Crippen molar-refractivity contribution in [1.29, 1.82) is 0 Å². The number of hydrogen-bond acceptors (Lipinski definition) is 4. The summed E-state index contributed by atoms with van der Waals surface area (Å²) < 4.78 is 5.50. The van der Waals surface area contributed by atoms with Crippen LogP contribution < -0.4 is 0 Å². The average Bonchev–Trinajstić information content (AvgIpc) is 3.15. The van der Waals surface area contributed by atoms with E-state index in [1.165, 1.54) is 0 Å². The van der Waals surface area contributed by atoms with E-state index in [9.17, 15) is 9.90 Å². The lowest BCUT2D eigenvalue weighted by Crippen LogP contribution is -2.32. The Balaban J connectivity index is 1.46. The molecule has 2 aromatic rings. The predicted octanol–water partition coefficient (Wildman–Crippen LogP) is 1.30. The highest BCUT2D eigenvalue weighted by Crippen LogP contribution is 2.21. The molecule has 1 fully saturated rings. The molecule has 0 unspecified atom stereocenters. The quantitative estimate of drug-likeness (QED) is 0.837. The Labute approximate surface area is 141 Å². The molecule has 0 saturated carbocycles. The maximum Gasteiger partial charge on any atom is 0.248 e. The minimum Gasteiger partial charge on any atom is -0.391 e. The minimum atomic E-state index is -0.514. The fraction of sp³-hybridized carbons (Fsp3) is 0.444. The zero-order chi connectivity index (χ0) is 16.9. The highest BCUT2D eigenvalue weighted by molar-refractivity contribution is 5.77. The number of aliphatic hydroxyl groups is 1. The van der Waals surface area contributed by atoms with Gasteiger partial charge in [-0.3, -0.25) is 9.89 Å². The van der Waals surface area contributed by atoms with Gasteiger partial charge in [-0.15, -0.1) is 0 Å². The maximum atomic E-state index is 12.3. The van der Waals surface area contributed by atoms with E-state index in [1.54, 1.807) is 4.90 Å². The van der Waals surface area contributed by atoms with Crippen LogP contribution in [0.3, 0.4) is 0 Å². The van der Waals surface area contributed by atoms with E-state index in [1.807, 2.05) is 43.3 Å². The summed E-state index contributed by atoms with van der Waals surface area (Å²) in [5.74, 6) is -0.0588. The van der Waals surface area contributed by atoms with Gasteiger partial charge in [-0.1, -0.05) is 30.3 Å². The van der Waals surface area contributed by atoms with Gasteiger partial charge in [0.15, 0.2) is 0 Å². The van der Waals surface area contributed by atoms with Crippen molar-refractivity contribution in [2.24, 2.45) is 5.92 Å². The molecule has 0 radical (unpaired) electrons. The molecule has 0 aliphatic carbocycles. The summed E-state index contributed by atoms with van der Waals surface area (Å²) in [5.41, 5.74) is 2.96. The summed E-state index contributed by atoms with van der Waals surface area (Å²) in [6.07, 6.45) is 0.153. The topological polar surface area (TPSA) is 78.5 Å². The highest BCUT2D eigenvalue weighted by Gasteiger charge is 2.34. The van der Waals surface area contributed by atoms with Crippen molar-refractivity contribution in [3.05, 3.63) is 53.3 Å². The number of benzene rings is 1. The van der Waals surface area contributed by atoms with Gasteiger partial charge < -0.3 is 14.7 Å². The van der Waals surface area contributed by atoms with Gasteiger partial charge in [0.2, 0.25) is 5.91 Å². The number of likely N-dealkylation sites (tertiary alicyclic amines) is 1. The van der Waals surface area contributed by atoms with E-state index in [4.69, 9.17) is 4.74 Å². The van der Waals surface area contributed by atoms with Crippen molar-refractivity contribution in [2.45, 2.75) is 26.1 Å². The third-order valence-corrected chi connectivity index (χ3v) is 4.33. The first-order chi connectivity index (χ1) is 11.6. The van der Waals surface area contributed by atoms with Crippen molar-refractivity contribution in [3.8, 4) is 0 Å². The first kappa shape index (κ1) is 16.7. The molecule has 3 rings (SSSR count). The van der Waals surface area contributed by atoms with E-state index >= 15 is 0 Å². The highest BCUT2D eigenvalue weighted by atomic mass is 16.5. The number of hydrogen-bond donors (Lipinski definition) is 2. The minimum absolute atomic E-state index is 0.0192. The Morgan fingerprint density at radius 3 is 2.88 bits per heavy atom. The zero-order valence-electron chi connectivity index (χ0n) is 13.8. The molecule has 128 valence electrons. The standard InChI is InChI=1S/C18H23N3O3/c1-13-7-16(20-19-13)8-15-9-21(10-17(15)22)18(23)12-24-11-14-5-3-2-4-6-14/h2-7,15,17,22H,8-12H2,1H3,(H,19,20)/t15-,17-/m1/s1. The molecule has 1 amide bonds. The van der Waals surface area contributed by atoms with Crippen LogP contribution in [0.1, 0.15) is 17.0 Å². The maximum absolute atomic E-state index is 12.3. The summed E-state index contributed by atoms with van der Waals surface area (Å²) in [5, 5.41) is 17.3. The number of nitrogens with zero attached hydrogens (tertiary/aromatic N) is 2. The molecular formula is C18H23N3O3. The van der Waals surface area contributed by atoms with Gasteiger partial charge in [-0.25, -0.2) is 0 Å². The number of aryl methyl sites for hydroxylation is 1. The number of aromatic amines is 1. The number of β-amino-alcohol motifs (C(OH)–C–C–N with tert-alkyl or cyclic N) is 1. The molecule has 1 aliphatic rings. The van der Waals surface area contributed by atoms with Crippen LogP contribution in [-0.4, -0.2) is 51.9 Å².